The molecule has 1 heterocycles. The normalized spacial score (nSPS) is 27.2. The molecule has 0 aromatic heterocycles. The zero-order valence-electron chi connectivity index (χ0n) is 28.1. The molecule has 1 saturated carbocycles. The Bertz CT molecular complexity index is 1210. The predicted octanol–water partition coefficient (Wildman–Crippen LogP) is 9.90. The minimum absolute atomic E-state index is 0.0216. The summed E-state index contributed by atoms with van der Waals surface area (Å²) in [4.78, 5) is 2.58. The van der Waals surface area contributed by atoms with Gasteiger partial charge in [0.2, 0.25) is 0 Å². The van der Waals surface area contributed by atoms with Gasteiger partial charge < -0.3 is 14.4 Å². The first kappa shape index (κ1) is 35.3. The molecule has 0 radical (unpaired) electrons. The Labute approximate surface area is 277 Å². The first-order valence-electron chi connectivity index (χ1n) is 17.2. The average Bonchev–Trinajstić information content (AvgIpc) is 2.96. The summed E-state index contributed by atoms with van der Waals surface area (Å²) in [5.74, 6) is 8.35. The Kier molecular flexibility index (Phi) is 13.5. The second kappa shape index (κ2) is 16.8. The van der Waals surface area contributed by atoms with Gasteiger partial charge in [0.05, 0.1) is 6.10 Å². The molecule has 1 aromatic carbocycles. The van der Waals surface area contributed by atoms with Crippen LogP contribution in [0.2, 0.25) is 5.02 Å². The average molecular weight is 639 g/mol. The van der Waals surface area contributed by atoms with Crippen molar-refractivity contribution in [3.05, 3.63) is 83.1 Å². The second-order valence-electron chi connectivity index (χ2n) is 14.3. The number of aryl methyl sites for hydroxylation is 1. The van der Waals surface area contributed by atoms with E-state index < -0.39 is 0 Å². The second-order valence-corrected chi connectivity index (χ2v) is 16.3. The van der Waals surface area contributed by atoms with Gasteiger partial charge in [0, 0.05) is 41.6 Å². The van der Waals surface area contributed by atoms with Crippen molar-refractivity contribution in [2.75, 3.05) is 32.5 Å². The largest absolute Gasteiger partial charge is 0.378 e. The summed E-state index contributed by atoms with van der Waals surface area (Å²) in [7, 11) is 2.23. The van der Waals surface area contributed by atoms with Crippen LogP contribution in [0.25, 0.3) is 0 Å². The molecular weight excluding hydrogens is 580 g/mol. The van der Waals surface area contributed by atoms with Gasteiger partial charge in [-0.3, -0.25) is 0 Å². The summed E-state index contributed by atoms with van der Waals surface area (Å²) >= 11 is 6.42. The third kappa shape index (κ3) is 9.71. The van der Waals surface area contributed by atoms with Crippen LogP contribution in [-0.2, 0) is 16.6 Å². The minimum Gasteiger partial charge on any atom is -0.378 e. The number of hydrogen-bond acceptors (Lipinski definition) is 3. The molecule has 1 aliphatic heterocycles. The smallest absolute Gasteiger partial charge is 0.0609 e. The Morgan fingerprint density at radius 3 is 2.77 bits per heavy atom. The maximum absolute atomic E-state index is 6.45. The van der Waals surface area contributed by atoms with Gasteiger partial charge in [0.1, 0.15) is 0 Å². The van der Waals surface area contributed by atoms with E-state index >= 15 is 0 Å². The molecule has 0 amide bonds. The molecule has 0 spiro atoms. The SMILES string of the molecule is C=CCC(C)(CN(C)CC1CCC1C1CC(CCCS(=C)NC(=C)C2=CCC(C)C=C2)CCO1)c1ccc(Cl)cc1CCC. The number of halogens is 1. The van der Waals surface area contributed by atoms with Crippen LogP contribution in [-0.4, -0.2) is 49.4 Å². The summed E-state index contributed by atoms with van der Waals surface area (Å²) in [5.41, 5.74) is 5.10. The minimum atomic E-state index is -0.0875. The Morgan fingerprint density at radius 1 is 1.27 bits per heavy atom. The van der Waals surface area contributed by atoms with Crippen LogP contribution in [0.5, 0.6) is 0 Å². The summed E-state index contributed by atoms with van der Waals surface area (Å²) in [5, 5.41) is 0.837. The van der Waals surface area contributed by atoms with Crippen LogP contribution in [0.1, 0.15) is 89.7 Å². The zero-order valence-corrected chi connectivity index (χ0v) is 29.7. The van der Waals surface area contributed by atoms with Crippen molar-refractivity contribution in [3.8, 4) is 0 Å². The Morgan fingerprint density at radius 2 is 2.09 bits per heavy atom. The highest BCUT2D eigenvalue weighted by atomic mass is 35.5. The van der Waals surface area contributed by atoms with E-state index in [0.717, 1.165) is 73.7 Å². The molecule has 2 fully saturated rings. The molecule has 5 heteroatoms. The van der Waals surface area contributed by atoms with E-state index in [4.69, 9.17) is 16.3 Å². The van der Waals surface area contributed by atoms with Crippen molar-refractivity contribution >= 4 is 28.1 Å². The molecule has 0 bridgehead atoms. The number of hydrogen-bond donors (Lipinski definition) is 1. The number of rotatable bonds is 17. The topological polar surface area (TPSA) is 24.5 Å². The van der Waals surface area contributed by atoms with Crippen LogP contribution in [0.15, 0.2) is 66.9 Å². The van der Waals surface area contributed by atoms with Crippen LogP contribution < -0.4 is 4.72 Å². The van der Waals surface area contributed by atoms with Gasteiger partial charge in [-0.2, -0.15) is 0 Å². The standard InChI is InChI=1S/C39H59ClN2OS/c1-8-11-33-26-35(40)18-20-37(33)39(5,22-9-2)28-42(6)27-34-17-19-36(34)38-25-31(21-23-43-38)12-10-24-44(7)41-30(4)32-15-13-29(3)14-16-32/h9,13,15-16,18,20,26,29,31,34,36,38,41H,2,4,7-8,10-12,14,17,19,21-25,27-28H2,1,3,5-6H3. The number of likely N-dealkylation sites (N-methyl/N-ethyl adjacent to an activating group) is 1. The number of nitrogens with zero attached hydrogens (tertiary/aromatic N) is 1. The van der Waals surface area contributed by atoms with Gasteiger partial charge in [0.25, 0.3) is 0 Å². The molecule has 1 aromatic rings. The predicted molar refractivity (Wildman–Crippen MR) is 196 cm³/mol. The van der Waals surface area contributed by atoms with E-state index in [9.17, 15) is 0 Å². The fraction of sp³-hybridized carbons (Fsp3) is 0.615. The highest BCUT2D eigenvalue weighted by Gasteiger charge is 2.41. The van der Waals surface area contributed by atoms with Crippen LogP contribution in [0.3, 0.4) is 0 Å². The maximum atomic E-state index is 6.45. The number of benzene rings is 1. The van der Waals surface area contributed by atoms with Gasteiger partial charge in [-0.1, -0.05) is 81.6 Å². The molecular formula is C39H59ClN2OS. The van der Waals surface area contributed by atoms with Crippen LogP contribution in [0.4, 0.5) is 0 Å². The van der Waals surface area contributed by atoms with Crippen molar-refractivity contribution in [1.82, 2.24) is 9.62 Å². The van der Waals surface area contributed by atoms with E-state index in [-0.39, 0.29) is 16.1 Å². The lowest BCUT2D eigenvalue weighted by Gasteiger charge is -2.47. The third-order valence-corrected chi connectivity index (χ3v) is 11.9. The Balaban J connectivity index is 1.24. The number of allylic oxidation sites excluding steroid dienone is 4. The maximum Gasteiger partial charge on any atom is 0.0609 e. The van der Waals surface area contributed by atoms with Crippen LogP contribution in [0, 0.1) is 23.7 Å². The fourth-order valence-electron chi connectivity index (χ4n) is 7.82. The summed E-state index contributed by atoms with van der Waals surface area (Å²) in [6.45, 7) is 18.4. The lowest BCUT2D eigenvalue weighted by Crippen LogP contribution is -2.47. The summed E-state index contributed by atoms with van der Waals surface area (Å²) in [6, 6.07) is 6.51. The Hall–Kier alpha value is -1.59. The number of ether oxygens (including phenoxy) is 1. The zero-order chi connectivity index (χ0) is 31.7. The van der Waals surface area contributed by atoms with E-state index in [0.29, 0.717) is 17.9 Å². The van der Waals surface area contributed by atoms with Crippen LogP contribution >= 0.6 is 22.3 Å². The van der Waals surface area contributed by atoms with Crippen molar-refractivity contribution in [2.24, 2.45) is 23.7 Å². The van der Waals surface area contributed by atoms with Gasteiger partial charge in [-0.05, 0) is 117 Å². The summed E-state index contributed by atoms with van der Waals surface area (Å²) in [6.07, 6.45) is 21.1. The van der Waals surface area contributed by atoms with Crippen molar-refractivity contribution in [1.29, 1.82) is 0 Å². The van der Waals surface area contributed by atoms with E-state index in [1.807, 2.05) is 0 Å². The van der Waals surface area contributed by atoms with Crippen molar-refractivity contribution in [3.63, 3.8) is 0 Å². The van der Waals surface area contributed by atoms with E-state index in [1.165, 1.54) is 55.2 Å². The molecule has 1 saturated heterocycles. The lowest BCUT2D eigenvalue weighted by molar-refractivity contribution is -0.0893. The quantitative estimate of drug-likeness (QED) is 0.136. The molecule has 7 atom stereocenters. The van der Waals surface area contributed by atoms with Gasteiger partial charge >= 0.3 is 0 Å². The monoisotopic (exact) mass is 638 g/mol. The molecule has 3 aliphatic rings. The molecule has 4 rings (SSSR count). The number of nitrogens with one attached hydrogen (secondary N) is 1. The molecule has 244 valence electrons. The molecule has 44 heavy (non-hydrogen) atoms. The molecule has 1 N–H and O–H groups in total. The van der Waals surface area contributed by atoms with Crippen molar-refractivity contribution in [2.45, 2.75) is 96.5 Å². The van der Waals surface area contributed by atoms with Crippen molar-refractivity contribution < 1.29 is 4.74 Å². The van der Waals surface area contributed by atoms with E-state index in [2.05, 4.69) is 99.0 Å². The van der Waals surface area contributed by atoms with Gasteiger partial charge in [0.15, 0.2) is 0 Å². The lowest BCUT2D eigenvalue weighted by atomic mass is 9.67. The van der Waals surface area contributed by atoms with E-state index in [1.54, 1.807) is 0 Å². The highest BCUT2D eigenvalue weighted by Crippen LogP contribution is 2.43. The molecule has 3 nitrogen and oxygen atoms in total. The van der Waals surface area contributed by atoms with Gasteiger partial charge in [-0.15, -0.1) is 17.2 Å². The first-order valence-corrected chi connectivity index (χ1v) is 19.1. The van der Waals surface area contributed by atoms with Gasteiger partial charge in [-0.25, -0.2) is 0 Å². The first-order chi connectivity index (χ1) is 21.1. The third-order valence-electron chi connectivity index (χ3n) is 10.3. The molecule has 2 aliphatic carbocycles. The highest BCUT2D eigenvalue weighted by molar-refractivity contribution is 8.12. The molecule has 7 unspecified atom stereocenters. The fourth-order valence-corrected chi connectivity index (χ4v) is 9.10. The summed E-state index contributed by atoms with van der Waals surface area (Å²) < 4.78 is 10.0.